The number of benzene rings is 2. The highest BCUT2D eigenvalue weighted by Crippen LogP contribution is 2.43. The molecule has 0 saturated heterocycles. The molecule has 0 saturated carbocycles. The minimum absolute atomic E-state index is 0.0207. The van der Waals surface area contributed by atoms with E-state index in [0.717, 1.165) is 16.9 Å². The summed E-state index contributed by atoms with van der Waals surface area (Å²) in [4.78, 5) is 19.7. The lowest BCUT2D eigenvalue weighted by Crippen LogP contribution is -2.47. The number of hydrogen-bond acceptors (Lipinski definition) is 4. The molecule has 0 spiro atoms. The van der Waals surface area contributed by atoms with Gasteiger partial charge >= 0.3 is 0 Å². The quantitative estimate of drug-likeness (QED) is 0.665. The Morgan fingerprint density at radius 2 is 1.66 bits per heavy atom. The van der Waals surface area contributed by atoms with Crippen LogP contribution in [0.2, 0.25) is 0 Å². The van der Waals surface area contributed by atoms with Crippen LogP contribution in [-0.4, -0.2) is 27.8 Å². The standard InChI is InChI=1S/C23H26N4O2/c1-23(2,3)21(28)26-19(16-8-6-5-7-9-16)14-20(27-22(26)24-15-25-27)17-10-12-18(29-4)13-11-17/h5-13,15,19-20H,14H2,1-4H3/t19-,20-/m1/s1. The predicted molar refractivity (Wildman–Crippen MR) is 112 cm³/mol. The van der Waals surface area contributed by atoms with Crippen molar-refractivity contribution >= 4 is 11.9 Å². The monoisotopic (exact) mass is 390 g/mol. The van der Waals surface area contributed by atoms with Crippen molar-refractivity contribution in [2.45, 2.75) is 39.3 Å². The molecule has 2 heterocycles. The number of ether oxygens (including phenoxy) is 1. The Bertz CT molecular complexity index is 990. The molecular formula is C23H26N4O2. The van der Waals surface area contributed by atoms with Gasteiger partial charge in [0.15, 0.2) is 0 Å². The molecular weight excluding hydrogens is 364 g/mol. The van der Waals surface area contributed by atoms with Gasteiger partial charge < -0.3 is 4.74 Å². The van der Waals surface area contributed by atoms with Crippen LogP contribution in [0.1, 0.15) is 50.4 Å². The minimum Gasteiger partial charge on any atom is -0.497 e. The van der Waals surface area contributed by atoms with Gasteiger partial charge in [-0.2, -0.15) is 10.1 Å². The van der Waals surface area contributed by atoms with Gasteiger partial charge in [0.05, 0.1) is 19.2 Å². The van der Waals surface area contributed by atoms with Gasteiger partial charge in [0.25, 0.3) is 0 Å². The predicted octanol–water partition coefficient (Wildman–Crippen LogP) is 4.40. The number of rotatable bonds is 3. The number of methoxy groups -OCH3 is 1. The summed E-state index contributed by atoms with van der Waals surface area (Å²) in [7, 11) is 1.66. The zero-order valence-electron chi connectivity index (χ0n) is 17.2. The summed E-state index contributed by atoms with van der Waals surface area (Å²) in [6.45, 7) is 5.81. The molecule has 3 aromatic rings. The molecule has 2 atom stereocenters. The van der Waals surface area contributed by atoms with E-state index in [1.54, 1.807) is 7.11 Å². The van der Waals surface area contributed by atoms with E-state index in [-0.39, 0.29) is 18.0 Å². The van der Waals surface area contributed by atoms with Gasteiger partial charge in [-0.25, -0.2) is 4.68 Å². The Morgan fingerprint density at radius 3 is 2.28 bits per heavy atom. The maximum absolute atomic E-state index is 13.4. The Morgan fingerprint density at radius 1 is 1.00 bits per heavy atom. The summed E-state index contributed by atoms with van der Waals surface area (Å²) in [5, 5.41) is 4.48. The van der Waals surface area contributed by atoms with Crippen molar-refractivity contribution in [2.75, 3.05) is 12.0 Å². The van der Waals surface area contributed by atoms with Crippen LogP contribution in [0.3, 0.4) is 0 Å². The van der Waals surface area contributed by atoms with Gasteiger partial charge in [-0.3, -0.25) is 9.69 Å². The molecule has 1 amide bonds. The highest BCUT2D eigenvalue weighted by Gasteiger charge is 2.42. The van der Waals surface area contributed by atoms with Crippen molar-refractivity contribution in [1.82, 2.24) is 14.8 Å². The normalized spacial score (nSPS) is 19.0. The molecule has 2 aromatic carbocycles. The molecule has 150 valence electrons. The van der Waals surface area contributed by atoms with Crippen molar-refractivity contribution < 1.29 is 9.53 Å². The molecule has 1 aliphatic heterocycles. The molecule has 0 bridgehead atoms. The Hall–Kier alpha value is -3.15. The SMILES string of the molecule is COc1ccc([C@H]2C[C@H](c3ccccc3)N(C(=O)C(C)(C)C)c3ncnn32)cc1. The number of carbonyl (C=O) groups excluding carboxylic acids is 1. The average molecular weight is 390 g/mol. The van der Waals surface area contributed by atoms with Gasteiger partial charge in [0.2, 0.25) is 11.9 Å². The second-order valence-corrected chi connectivity index (χ2v) is 8.38. The van der Waals surface area contributed by atoms with Crippen LogP contribution in [0.15, 0.2) is 60.9 Å². The molecule has 0 N–H and O–H groups in total. The number of hydrogen-bond donors (Lipinski definition) is 0. The number of aromatic nitrogens is 3. The number of nitrogens with zero attached hydrogens (tertiary/aromatic N) is 4. The third-order valence-corrected chi connectivity index (χ3v) is 5.37. The third kappa shape index (κ3) is 3.50. The van der Waals surface area contributed by atoms with E-state index in [0.29, 0.717) is 12.4 Å². The molecule has 6 heteroatoms. The van der Waals surface area contributed by atoms with Crippen molar-refractivity contribution in [3.8, 4) is 5.75 Å². The van der Waals surface area contributed by atoms with Crippen LogP contribution in [0.25, 0.3) is 0 Å². The lowest BCUT2D eigenvalue weighted by molar-refractivity contribution is -0.126. The first-order valence-corrected chi connectivity index (χ1v) is 9.82. The van der Waals surface area contributed by atoms with Gasteiger partial charge in [-0.1, -0.05) is 63.2 Å². The highest BCUT2D eigenvalue weighted by molar-refractivity contribution is 5.96. The van der Waals surface area contributed by atoms with Crippen molar-refractivity contribution in [1.29, 1.82) is 0 Å². The first-order chi connectivity index (χ1) is 13.9. The van der Waals surface area contributed by atoms with Crippen LogP contribution in [0, 0.1) is 5.41 Å². The summed E-state index contributed by atoms with van der Waals surface area (Å²) in [5.74, 6) is 1.44. The maximum atomic E-state index is 13.4. The fourth-order valence-corrected chi connectivity index (χ4v) is 3.85. The molecule has 0 aliphatic carbocycles. The number of fused-ring (bicyclic) bond motifs is 1. The van der Waals surface area contributed by atoms with E-state index in [9.17, 15) is 4.79 Å². The fourth-order valence-electron chi connectivity index (χ4n) is 3.85. The first kappa shape index (κ1) is 19.2. The summed E-state index contributed by atoms with van der Waals surface area (Å²) >= 11 is 0. The van der Waals surface area contributed by atoms with E-state index in [4.69, 9.17) is 4.74 Å². The van der Waals surface area contributed by atoms with Crippen molar-refractivity contribution in [3.63, 3.8) is 0 Å². The van der Waals surface area contributed by atoms with E-state index in [1.807, 2.05) is 60.7 Å². The first-order valence-electron chi connectivity index (χ1n) is 9.82. The highest BCUT2D eigenvalue weighted by atomic mass is 16.5. The van der Waals surface area contributed by atoms with E-state index in [2.05, 4.69) is 34.3 Å². The van der Waals surface area contributed by atoms with Crippen LogP contribution in [0.4, 0.5) is 5.95 Å². The number of amides is 1. The molecule has 0 radical (unpaired) electrons. The van der Waals surface area contributed by atoms with E-state index >= 15 is 0 Å². The Labute approximate surface area is 171 Å². The van der Waals surface area contributed by atoms with Crippen LogP contribution < -0.4 is 9.64 Å². The molecule has 0 unspecified atom stereocenters. The zero-order chi connectivity index (χ0) is 20.6. The average Bonchev–Trinajstić information content (AvgIpc) is 3.22. The second-order valence-electron chi connectivity index (χ2n) is 8.38. The van der Waals surface area contributed by atoms with Crippen molar-refractivity contribution in [3.05, 3.63) is 72.1 Å². The summed E-state index contributed by atoms with van der Waals surface area (Å²) < 4.78 is 7.17. The molecule has 1 aromatic heterocycles. The zero-order valence-corrected chi connectivity index (χ0v) is 17.2. The van der Waals surface area contributed by atoms with Crippen LogP contribution >= 0.6 is 0 Å². The van der Waals surface area contributed by atoms with Gasteiger partial charge in [0.1, 0.15) is 12.1 Å². The topological polar surface area (TPSA) is 60.2 Å². The smallest absolute Gasteiger partial charge is 0.235 e. The van der Waals surface area contributed by atoms with Gasteiger partial charge in [-0.05, 0) is 29.7 Å². The lowest BCUT2D eigenvalue weighted by Gasteiger charge is -2.41. The van der Waals surface area contributed by atoms with E-state index < -0.39 is 5.41 Å². The maximum Gasteiger partial charge on any atom is 0.235 e. The summed E-state index contributed by atoms with van der Waals surface area (Å²) in [5.41, 5.74) is 1.68. The lowest BCUT2D eigenvalue weighted by atomic mass is 9.88. The van der Waals surface area contributed by atoms with E-state index in [1.165, 1.54) is 6.33 Å². The van der Waals surface area contributed by atoms with Gasteiger partial charge in [0, 0.05) is 5.41 Å². The second kappa shape index (κ2) is 7.35. The van der Waals surface area contributed by atoms with Crippen molar-refractivity contribution in [2.24, 2.45) is 5.41 Å². The number of carbonyl (C=O) groups is 1. The molecule has 4 rings (SSSR count). The van der Waals surface area contributed by atoms with Gasteiger partial charge in [-0.15, -0.1) is 0 Å². The van der Waals surface area contributed by atoms with Crippen LogP contribution in [0.5, 0.6) is 5.75 Å². The Balaban J connectivity index is 1.83. The molecule has 0 fully saturated rings. The minimum atomic E-state index is -0.531. The summed E-state index contributed by atoms with van der Waals surface area (Å²) in [6.07, 6.45) is 2.25. The largest absolute Gasteiger partial charge is 0.497 e. The molecule has 29 heavy (non-hydrogen) atoms. The molecule has 1 aliphatic rings. The fraction of sp³-hybridized carbons (Fsp3) is 0.348. The summed E-state index contributed by atoms with van der Waals surface area (Å²) in [6, 6.07) is 18.0. The third-order valence-electron chi connectivity index (χ3n) is 5.37. The van der Waals surface area contributed by atoms with Crippen LogP contribution in [-0.2, 0) is 4.79 Å². The Kier molecular flexibility index (Phi) is 4.86. The number of anilines is 1. The molecule has 6 nitrogen and oxygen atoms in total.